The fourth-order valence-electron chi connectivity index (χ4n) is 2.09. The van der Waals surface area contributed by atoms with Crippen LogP contribution in [-0.4, -0.2) is 50.7 Å². The van der Waals surface area contributed by atoms with Gasteiger partial charge in [-0.2, -0.15) is 0 Å². The molecule has 1 unspecified atom stereocenters. The Hall–Kier alpha value is -0.670. The van der Waals surface area contributed by atoms with Crippen LogP contribution in [0.15, 0.2) is 0 Å². The summed E-state index contributed by atoms with van der Waals surface area (Å²) < 4.78 is 49.4. The van der Waals surface area contributed by atoms with Gasteiger partial charge in [-0.15, -0.1) is 0 Å². The monoisotopic (exact) mass is 327 g/mol. The molecule has 1 aliphatic rings. The largest absolute Gasteiger partial charge is 0.481 e. The fraction of sp³-hybridized carbons (Fsp3) is 0.909. The normalized spacial score (nSPS) is 21.8. The molecule has 1 saturated heterocycles. The smallest absolute Gasteiger partial charge is 0.304 e. The van der Waals surface area contributed by atoms with Gasteiger partial charge in [0.25, 0.3) is 0 Å². The first kappa shape index (κ1) is 17.4. The molecule has 0 aliphatic carbocycles. The highest BCUT2D eigenvalue weighted by atomic mass is 32.2. The van der Waals surface area contributed by atoms with E-state index in [-0.39, 0.29) is 36.7 Å². The standard InChI is InChI=1S/C11H21NO6S2/c1-8(2)10(7-11(13)14)12-20(17,18)9-3-5-19(15,16)6-4-9/h8-10,12H,3-7H2,1-2H3,(H,13,14). The Morgan fingerprint density at radius 3 is 2.20 bits per heavy atom. The Bertz CT molecular complexity index is 537. The maximum atomic E-state index is 12.2. The van der Waals surface area contributed by atoms with Crippen molar-refractivity contribution >= 4 is 25.8 Å². The highest BCUT2D eigenvalue weighted by Crippen LogP contribution is 2.20. The fourth-order valence-corrected chi connectivity index (χ4v) is 5.70. The third-order valence-corrected chi connectivity index (χ3v) is 7.15. The molecule has 0 spiro atoms. The van der Waals surface area contributed by atoms with Crippen molar-refractivity contribution in [2.45, 2.75) is 44.4 Å². The highest BCUT2D eigenvalue weighted by molar-refractivity contribution is 7.92. The number of sulfone groups is 1. The van der Waals surface area contributed by atoms with Crippen molar-refractivity contribution in [3.63, 3.8) is 0 Å². The van der Waals surface area contributed by atoms with Gasteiger partial charge in [-0.1, -0.05) is 13.8 Å². The van der Waals surface area contributed by atoms with Gasteiger partial charge in [0.15, 0.2) is 0 Å². The van der Waals surface area contributed by atoms with Crippen molar-refractivity contribution in [2.75, 3.05) is 11.5 Å². The maximum Gasteiger partial charge on any atom is 0.304 e. The minimum Gasteiger partial charge on any atom is -0.481 e. The summed E-state index contributed by atoms with van der Waals surface area (Å²) >= 11 is 0. The van der Waals surface area contributed by atoms with E-state index in [1.807, 2.05) is 0 Å². The summed E-state index contributed by atoms with van der Waals surface area (Å²) in [5, 5.41) is 8.03. The Labute approximate surface area is 119 Å². The topological polar surface area (TPSA) is 118 Å². The predicted molar refractivity (Wildman–Crippen MR) is 74.6 cm³/mol. The van der Waals surface area contributed by atoms with Crippen LogP contribution in [0, 0.1) is 5.92 Å². The van der Waals surface area contributed by atoms with Crippen LogP contribution in [0.2, 0.25) is 0 Å². The zero-order chi connectivity index (χ0) is 15.6. The van der Waals surface area contributed by atoms with E-state index in [0.717, 1.165) is 0 Å². The summed E-state index contributed by atoms with van der Waals surface area (Å²) in [6.45, 7) is 3.48. The SMILES string of the molecule is CC(C)C(CC(=O)O)NS(=O)(=O)C1CCS(=O)(=O)CC1. The molecule has 118 valence electrons. The van der Waals surface area contributed by atoms with Crippen molar-refractivity contribution < 1.29 is 26.7 Å². The molecule has 1 atom stereocenters. The van der Waals surface area contributed by atoms with Crippen LogP contribution >= 0.6 is 0 Å². The number of rotatable bonds is 6. The summed E-state index contributed by atoms with van der Waals surface area (Å²) in [6, 6.07) is -0.684. The molecule has 7 nitrogen and oxygen atoms in total. The van der Waals surface area contributed by atoms with E-state index in [2.05, 4.69) is 4.72 Å². The van der Waals surface area contributed by atoms with Crippen LogP contribution in [0.4, 0.5) is 0 Å². The Morgan fingerprint density at radius 1 is 1.30 bits per heavy atom. The van der Waals surface area contributed by atoms with E-state index in [1.54, 1.807) is 13.8 Å². The lowest BCUT2D eigenvalue weighted by atomic mass is 10.0. The molecular weight excluding hydrogens is 306 g/mol. The van der Waals surface area contributed by atoms with Crippen LogP contribution in [0.25, 0.3) is 0 Å². The van der Waals surface area contributed by atoms with Gasteiger partial charge in [-0.3, -0.25) is 4.79 Å². The van der Waals surface area contributed by atoms with Crippen molar-refractivity contribution in [1.29, 1.82) is 0 Å². The van der Waals surface area contributed by atoms with Crippen molar-refractivity contribution in [2.24, 2.45) is 5.92 Å². The molecule has 0 bridgehead atoms. The average molecular weight is 327 g/mol. The minimum atomic E-state index is -3.70. The van der Waals surface area contributed by atoms with E-state index >= 15 is 0 Å². The molecular formula is C11H21NO6S2. The van der Waals surface area contributed by atoms with Gasteiger partial charge in [-0.05, 0) is 18.8 Å². The summed E-state index contributed by atoms with van der Waals surface area (Å²) in [5.41, 5.74) is 0. The molecule has 1 fully saturated rings. The second-order valence-corrected chi connectivity index (χ2v) is 9.76. The Morgan fingerprint density at radius 2 is 1.80 bits per heavy atom. The van der Waals surface area contributed by atoms with Gasteiger partial charge in [0.1, 0.15) is 9.84 Å². The molecule has 0 saturated carbocycles. The van der Waals surface area contributed by atoms with E-state index in [0.29, 0.717) is 0 Å². The summed E-state index contributed by atoms with van der Waals surface area (Å²) in [6.07, 6.45) is -0.160. The third kappa shape index (κ3) is 5.02. The van der Waals surface area contributed by atoms with Gasteiger partial charge in [0.2, 0.25) is 10.0 Å². The molecule has 1 rings (SSSR count). The van der Waals surface area contributed by atoms with Gasteiger partial charge in [-0.25, -0.2) is 21.6 Å². The number of carboxylic acid groups (broad SMARTS) is 1. The van der Waals surface area contributed by atoms with E-state index < -0.39 is 37.1 Å². The average Bonchev–Trinajstić information content (AvgIpc) is 2.26. The number of carboxylic acids is 1. The number of hydrogen-bond acceptors (Lipinski definition) is 5. The molecule has 0 amide bonds. The maximum absolute atomic E-state index is 12.2. The number of hydrogen-bond donors (Lipinski definition) is 2. The van der Waals surface area contributed by atoms with Crippen LogP contribution in [0.1, 0.15) is 33.1 Å². The van der Waals surface area contributed by atoms with Gasteiger partial charge < -0.3 is 5.11 Å². The lowest BCUT2D eigenvalue weighted by molar-refractivity contribution is -0.137. The van der Waals surface area contributed by atoms with E-state index in [9.17, 15) is 21.6 Å². The van der Waals surface area contributed by atoms with Crippen molar-refractivity contribution in [1.82, 2.24) is 4.72 Å². The molecule has 20 heavy (non-hydrogen) atoms. The van der Waals surface area contributed by atoms with Crippen molar-refractivity contribution in [3.05, 3.63) is 0 Å². The van der Waals surface area contributed by atoms with Crippen LogP contribution in [0.5, 0.6) is 0 Å². The second kappa shape index (κ2) is 6.40. The molecule has 0 aromatic rings. The Balaban J connectivity index is 2.75. The molecule has 0 aromatic heterocycles. The van der Waals surface area contributed by atoms with E-state index in [1.165, 1.54) is 0 Å². The molecule has 1 heterocycles. The first-order valence-electron chi connectivity index (χ1n) is 6.47. The Kier molecular flexibility index (Phi) is 5.56. The van der Waals surface area contributed by atoms with Crippen LogP contribution < -0.4 is 4.72 Å². The number of aliphatic carboxylic acids is 1. The third-order valence-electron chi connectivity index (χ3n) is 3.46. The summed E-state index contributed by atoms with van der Waals surface area (Å²) in [7, 11) is -6.83. The highest BCUT2D eigenvalue weighted by Gasteiger charge is 2.34. The van der Waals surface area contributed by atoms with Gasteiger partial charge in [0.05, 0.1) is 23.2 Å². The first-order valence-corrected chi connectivity index (χ1v) is 9.83. The van der Waals surface area contributed by atoms with Crippen LogP contribution in [0.3, 0.4) is 0 Å². The number of nitrogens with one attached hydrogen (secondary N) is 1. The lowest BCUT2D eigenvalue weighted by Crippen LogP contribution is -2.46. The lowest BCUT2D eigenvalue weighted by Gasteiger charge is -2.26. The molecule has 9 heteroatoms. The zero-order valence-corrected chi connectivity index (χ0v) is 13.2. The molecule has 2 N–H and O–H groups in total. The van der Waals surface area contributed by atoms with Crippen molar-refractivity contribution in [3.8, 4) is 0 Å². The second-order valence-electron chi connectivity index (χ2n) is 5.46. The molecule has 0 radical (unpaired) electrons. The van der Waals surface area contributed by atoms with E-state index in [4.69, 9.17) is 5.11 Å². The number of sulfonamides is 1. The minimum absolute atomic E-state index is 0.0650. The van der Waals surface area contributed by atoms with Gasteiger partial charge in [0, 0.05) is 6.04 Å². The molecule has 0 aromatic carbocycles. The number of carbonyl (C=O) groups is 1. The first-order chi connectivity index (χ1) is 9.03. The summed E-state index contributed by atoms with van der Waals surface area (Å²) in [4.78, 5) is 10.7. The van der Waals surface area contributed by atoms with Crippen LogP contribution in [-0.2, 0) is 24.7 Å². The quantitative estimate of drug-likeness (QED) is 0.708. The molecule has 1 aliphatic heterocycles. The summed E-state index contributed by atoms with van der Waals surface area (Å²) in [5.74, 6) is -1.50. The van der Waals surface area contributed by atoms with Gasteiger partial charge >= 0.3 is 5.97 Å². The zero-order valence-electron chi connectivity index (χ0n) is 11.6. The predicted octanol–water partition coefficient (Wildman–Crippen LogP) is -0.0177.